The van der Waals surface area contributed by atoms with Crippen molar-refractivity contribution in [2.24, 2.45) is 0 Å². The van der Waals surface area contributed by atoms with Crippen molar-refractivity contribution in [3.8, 4) is 5.88 Å². The van der Waals surface area contributed by atoms with Crippen LogP contribution in [0.5, 0.6) is 5.88 Å². The fraction of sp³-hybridized carbons (Fsp3) is 0.375. The number of rotatable bonds is 5. The van der Waals surface area contributed by atoms with E-state index in [9.17, 15) is 0 Å². The molecule has 2 aromatic heterocycles. The minimum absolute atomic E-state index is 0.485. The van der Waals surface area contributed by atoms with E-state index in [-0.39, 0.29) is 0 Å². The molecule has 1 aromatic carbocycles. The smallest absolute Gasteiger partial charge is 0.237 e. The lowest BCUT2D eigenvalue weighted by Crippen LogP contribution is -2.32. The van der Waals surface area contributed by atoms with Crippen LogP contribution in [-0.4, -0.2) is 40.9 Å². The maximum absolute atomic E-state index is 5.68. The molecular weight excluding hydrogens is 420 g/mol. The Kier molecular flexibility index (Phi) is 5.78. The lowest BCUT2D eigenvalue weighted by Gasteiger charge is -2.32. The van der Waals surface area contributed by atoms with Gasteiger partial charge in [0.1, 0.15) is 12.3 Å². The van der Waals surface area contributed by atoms with Gasteiger partial charge in [0, 0.05) is 35.8 Å². The lowest BCUT2D eigenvalue weighted by molar-refractivity contribution is 0.310. The number of hydrogen-bond donors (Lipinski definition) is 2. The van der Waals surface area contributed by atoms with Crippen molar-refractivity contribution in [1.29, 1.82) is 0 Å². The third-order valence-corrected chi connectivity index (χ3v) is 7.18. The van der Waals surface area contributed by atoms with Gasteiger partial charge in [0.25, 0.3) is 0 Å². The number of anilines is 4. The van der Waals surface area contributed by atoms with Gasteiger partial charge in [-0.1, -0.05) is 12.1 Å². The highest BCUT2D eigenvalue weighted by Gasteiger charge is 2.24. The molecule has 32 heavy (non-hydrogen) atoms. The Morgan fingerprint density at radius 2 is 2.03 bits per heavy atom. The number of pyridine rings is 1. The molecule has 1 atom stereocenters. The Morgan fingerprint density at radius 1 is 1.19 bits per heavy atom. The van der Waals surface area contributed by atoms with Gasteiger partial charge in [-0.2, -0.15) is 11.8 Å². The molecule has 8 heteroatoms. The summed E-state index contributed by atoms with van der Waals surface area (Å²) in [5, 5.41) is 7.27. The van der Waals surface area contributed by atoms with Gasteiger partial charge in [-0.25, -0.2) is 15.0 Å². The Labute approximate surface area is 193 Å². The quantitative estimate of drug-likeness (QED) is 0.581. The zero-order chi connectivity index (χ0) is 22.1. The third-order valence-electron chi connectivity index (χ3n) is 6.20. The van der Waals surface area contributed by atoms with Crippen LogP contribution in [0.25, 0.3) is 0 Å². The molecule has 2 aliphatic rings. The maximum atomic E-state index is 5.68. The van der Waals surface area contributed by atoms with Crippen LogP contribution in [-0.2, 0) is 13.0 Å². The summed E-state index contributed by atoms with van der Waals surface area (Å²) < 4.78 is 5.68. The molecule has 2 aliphatic heterocycles. The van der Waals surface area contributed by atoms with Crippen LogP contribution in [0.4, 0.5) is 23.0 Å². The summed E-state index contributed by atoms with van der Waals surface area (Å²) in [6.07, 6.45) is 6.92. The number of nitrogens with zero attached hydrogens (tertiary/aromatic N) is 4. The second kappa shape index (κ2) is 8.86. The van der Waals surface area contributed by atoms with Crippen molar-refractivity contribution in [3.63, 3.8) is 0 Å². The van der Waals surface area contributed by atoms with Crippen molar-refractivity contribution in [3.05, 3.63) is 59.0 Å². The second-order valence-electron chi connectivity index (χ2n) is 8.19. The Balaban J connectivity index is 1.34. The molecule has 0 fully saturated rings. The van der Waals surface area contributed by atoms with Crippen molar-refractivity contribution in [2.75, 3.05) is 41.5 Å². The summed E-state index contributed by atoms with van der Waals surface area (Å²) in [4.78, 5) is 16.3. The largest absolute Gasteiger partial charge is 0.474 e. The van der Waals surface area contributed by atoms with Gasteiger partial charge in [0.15, 0.2) is 0 Å². The first-order valence-corrected chi connectivity index (χ1v) is 12.3. The van der Waals surface area contributed by atoms with Crippen LogP contribution < -0.4 is 20.3 Å². The standard InChI is InChI=1S/C24H28N6OS/c1-15-21(13-26-23-22(15)25-9-11-31-23)30-10-8-18-12-27-24(29-20(18)14-30)28-19-6-4-17(5-7-19)16(2)32-3/h4-7,12-13,16,25H,8-11,14H2,1-3H3,(H,27,28,29). The average Bonchev–Trinajstić information content (AvgIpc) is 2.84. The maximum Gasteiger partial charge on any atom is 0.237 e. The number of nitrogens with one attached hydrogen (secondary N) is 2. The van der Waals surface area contributed by atoms with E-state index in [1.54, 1.807) is 0 Å². The van der Waals surface area contributed by atoms with Crippen molar-refractivity contribution in [1.82, 2.24) is 15.0 Å². The number of ether oxygens (including phenoxy) is 1. The summed E-state index contributed by atoms with van der Waals surface area (Å²) in [6, 6.07) is 8.50. The highest BCUT2D eigenvalue weighted by atomic mass is 32.2. The van der Waals surface area contributed by atoms with Gasteiger partial charge in [-0.3, -0.25) is 0 Å². The molecule has 0 saturated carbocycles. The van der Waals surface area contributed by atoms with E-state index in [0.717, 1.165) is 48.8 Å². The van der Waals surface area contributed by atoms with Crippen molar-refractivity contribution < 1.29 is 4.74 Å². The molecular formula is C24H28N6OS. The fourth-order valence-corrected chi connectivity index (χ4v) is 4.63. The van der Waals surface area contributed by atoms with Gasteiger partial charge < -0.3 is 20.3 Å². The Morgan fingerprint density at radius 3 is 2.84 bits per heavy atom. The van der Waals surface area contributed by atoms with Crippen LogP contribution in [0.15, 0.2) is 36.7 Å². The number of benzene rings is 1. The molecule has 0 amide bonds. The molecule has 7 nitrogen and oxygen atoms in total. The molecule has 3 aromatic rings. The molecule has 0 radical (unpaired) electrons. The van der Waals surface area contributed by atoms with Gasteiger partial charge >= 0.3 is 0 Å². The Hall–Kier alpha value is -3.00. The topological polar surface area (TPSA) is 75.2 Å². The molecule has 1 unspecified atom stereocenters. The van der Waals surface area contributed by atoms with E-state index < -0.39 is 0 Å². The molecule has 166 valence electrons. The van der Waals surface area contributed by atoms with Crippen molar-refractivity contribution >= 4 is 34.8 Å². The summed E-state index contributed by atoms with van der Waals surface area (Å²) in [7, 11) is 0. The number of hydrogen-bond acceptors (Lipinski definition) is 8. The minimum Gasteiger partial charge on any atom is -0.474 e. The predicted octanol–water partition coefficient (Wildman–Crippen LogP) is 4.71. The normalized spacial score (nSPS) is 15.8. The summed E-state index contributed by atoms with van der Waals surface area (Å²) in [5.41, 5.74) is 7.88. The van der Waals surface area contributed by atoms with E-state index in [1.165, 1.54) is 16.7 Å². The first-order chi connectivity index (χ1) is 15.6. The van der Waals surface area contributed by atoms with E-state index in [2.05, 4.69) is 69.9 Å². The zero-order valence-electron chi connectivity index (χ0n) is 18.7. The van der Waals surface area contributed by atoms with E-state index >= 15 is 0 Å². The minimum atomic E-state index is 0.485. The SMILES string of the molecule is CSC(C)c1ccc(Nc2ncc3c(n2)CN(c2cnc4c(c2C)NCCO4)CC3)cc1. The molecule has 2 N–H and O–H groups in total. The number of aromatic nitrogens is 3. The van der Waals surface area contributed by atoms with Gasteiger partial charge in [0.2, 0.25) is 11.8 Å². The third kappa shape index (κ3) is 4.07. The van der Waals surface area contributed by atoms with Gasteiger partial charge in [-0.05, 0) is 49.8 Å². The molecule has 0 bridgehead atoms. The van der Waals surface area contributed by atoms with E-state index in [0.29, 0.717) is 23.7 Å². The van der Waals surface area contributed by atoms with Crippen LogP contribution in [0, 0.1) is 6.92 Å². The lowest BCUT2D eigenvalue weighted by atomic mass is 10.0. The molecule has 0 spiro atoms. The van der Waals surface area contributed by atoms with Crippen LogP contribution in [0.3, 0.4) is 0 Å². The fourth-order valence-electron chi connectivity index (χ4n) is 4.20. The van der Waals surface area contributed by atoms with Gasteiger partial charge in [0.05, 0.1) is 24.1 Å². The Bertz CT molecular complexity index is 1120. The summed E-state index contributed by atoms with van der Waals surface area (Å²) in [5.74, 6) is 1.33. The van der Waals surface area contributed by atoms with E-state index in [4.69, 9.17) is 9.72 Å². The summed E-state index contributed by atoms with van der Waals surface area (Å²) >= 11 is 1.84. The van der Waals surface area contributed by atoms with E-state index in [1.807, 2.05) is 24.2 Å². The van der Waals surface area contributed by atoms with Crippen LogP contribution in [0.2, 0.25) is 0 Å². The summed E-state index contributed by atoms with van der Waals surface area (Å²) in [6.45, 7) is 7.46. The monoisotopic (exact) mass is 448 g/mol. The predicted molar refractivity (Wildman–Crippen MR) is 131 cm³/mol. The molecule has 0 saturated heterocycles. The number of fused-ring (bicyclic) bond motifs is 2. The number of thioether (sulfide) groups is 1. The molecule has 0 aliphatic carbocycles. The highest BCUT2D eigenvalue weighted by Crippen LogP contribution is 2.36. The molecule has 4 heterocycles. The second-order valence-corrected chi connectivity index (χ2v) is 9.36. The first kappa shape index (κ1) is 20.9. The van der Waals surface area contributed by atoms with Gasteiger partial charge in [-0.15, -0.1) is 0 Å². The first-order valence-electron chi connectivity index (χ1n) is 11.0. The highest BCUT2D eigenvalue weighted by molar-refractivity contribution is 7.98. The van der Waals surface area contributed by atoms with Crippen LogP contribution in [0.1, 0.15) is 34.6 Å². The van der Waals surface area contributed by atoms with Crippen molar-refractivity contribution in [2.45, 2.75) is 32.1 Å². The molecule has 5 rings (SSSR count). The average molecular weight is 449 g/mol. The zero-order valence-corrected chi connectivity index (χ0v) is 19.5. The van der Waals surface area contributed by atoms with Crippen LogP contribution >= 0.6 is 11.8 Å².